The number of rotatable bonds is 5. The number of nitrogens with one attached hydrogen (secondary N) is 1. The molecule has 1 N–H and O–H groups in total. The Labute approximate surface area is 156 Å². The van der Waals surface area contributed by atoms with Gasteiger partial charge in [0.15, 0.2) is 0 Å². The van der Waals surface area contributed by atoms with Crippen molar-refractivity contribution in [2.45, 2.75) is 6.92 Å². The maximum atomic E-state index is 14.0. The van der Waals surface area contributed by atoms with E-state index >= 15 is 0 Å². The molecule has 3 rings (SSSR count). The Hall–Kier alpha value is -3.07. The van der Waals surface area contributed by atoms with E-state index in [0.717, 1.165) is 11.9 Å². The van der Waals surface area contributed by atoms with E-state index in [4.69, 9.17) is 4.74 Å². The van der Waals surface area contributed by atoms with Gasteiger partial charge in [-0.2, -0.15) is 4.98 Å². The second kappa shape index (κ2) is 7.44. The molecule has 0 radical (unpaired) electrons. The Bertz CT molecular complexity index is 967. The summed E-state index contributed by atoms with van der Waals surface area (Å²) in [5, 5.41) is 14.1. The highest BCUT2D eigenvalue weighted by Crippen LogP contribution is 2.36. The fourth-order valence-corrected chi connectivity index (χ4v) is 2.46. The Kier molecular flexibility index (Phi) is 5.08. The molecule has 3 aromatic rings. The number of halogens is 2. The quantitative estimate of drug-likeness (QED) is 0.456. The van der Waals surface area contributed by atoms with E-state index in [1.54, 1.807) is 30.3 Å². The second-order valence-electron chi connectivity index (χ2n) is 5.30. The number of aromatic nitrogens is 2. The van der Waals surface area contributed by atoms with Crippen LogP contribution in [0.5, 0.6) is 11.6 Å². The average molecular weight is 419 g/mol. The third-order valence-corrected chi connectivity index (χ3v) is 3.88. The minimum atomic E-state index is -0.678. The van der Waals surface area contributed by atoms with Gasteiger partial charge in [0.2, 0.25) is 5.82 Å². The van der Waals surface area contributed by atoms with Crippen LogP contribution in [0.25, 0.3) is 0 Å². The lowest BCUT2D eigenvalue weighted by atomic mass is 10.2. The van der Waals surface area contributed by atoms with Crippen molar-refractivity contribution < 1.29 is 14.1 Å². The van der Waals surface area contributed by atoms with Gasteiger partial charge in [-0.05, 0) is 37.3 Å². The van der Waals surface area contributed by atoms with E-state index in [1.807, 2.05) is 6.92 Å². The molecule has 0 aliphatic heterocycles. The second-order valence-corrected chi connectivity index (χ2v) is 6.21. The first-order valence-corrected chi connectivity index (χ1v) is 8.19. The first-order chi connectivity index (χ1) is 12.4. The van der Waals surface area contributed by atoms with E-state index in [9.17, 15) is 14.5 Å². The largest absolute Gasteiger partial charge is 0.434 e. The molecule has 9 heteroatoms. The van der Waals surface area contributed by atoms with Crippen LogP contribution in [0, 0.1) is 22.9 Å². The Morgan fingerprint density at radius 3 is 2.58 bits per heavy atom. The topological polar surface area (TPSA) is 90.2 Å². The molecule has 132 valence electrons. The summed E-state index contributed by atoms with van der Waals surface area (Å²) in [6.45, 7) is 1.91. The van der Waals surface area contributed by atoms with Crippen LogP contribution < -0.4 is 10.1 Å². The minimum absolute atomic E-state index is 0.0382. The summed E-state index contributed by atoms with van der Waals surface area (Å²) < 4.78 is 20.1. The lowest BCUT2D eigenvalue weighted by Crippen LogP contribution is -2.04. The van der Waals surface area contributed by atoms with Crippen LogP contribution >= 0.6 is 15.9 Å². The number of ether oxygens (including phenoxy) is 1. The van der Waals surface area contributed by atoms with Gasteiger partial charge in [0.05, 0.1) is 10.6 Å². The lowest BCUT2D eigenvalue weighted by Gasteiger charge is -2.10. The zero-order chi connectivity index (χ0) is 18.7. The normalized spacial score (nSPS) is 10.4. The predicted molar refractivity (Wildman–Crippen MR) is 97.3 cm³/mol. The molecule has 0 bridgehead atoms. The summed E-state index contributed by atoms with van der Waals surface area (Å²) in [5.41, 5.74) is 0.564. The molecule has 0 saturated carbocycles. The summed E-state index contributed by atoms with van der Waals surface area (Å²) >= 11 is 3.15. The molecular weight excluding hydrogens is 407 g/mol. The molecule has 0 unspecified atom stereocenters. The van der Waals surface area contributed by atoms with Crippen LogP contribution in [0.4, 0.5) is 21.6 Å². The molecule has 0 atom stereocenters. The number of hydrogen-bond donors (Lipinski definition) is 1. The maximum absolute atomic E-state index is 14.0. The molecular formula is C17H12BrFN4O3. The van der Waals surface area contributed by atoms with E-state index < -0.39 is 16.4 Å². The van der Waals surface area contributed by atoms with Gasteiger partial charge >= 0.3 is 11.6 Å². The van der Waals surface area contributed by atoms with Gasteiger partial charge in [-0.1, -0.05) is 33.6 Å². The number of aryl methyl sites for hydroxylation is 1. The van der Waals surface area contributed by atoms with Crippen LogP contribution in [0.1, 0.15) is 5.56 Å². The van der Waals surface area contributed by atoms with Crippen molar-refractivity contribution in [3.8, 4) is 11.6 Å². The van der Waals surface area contributed by atoms with Crippen molar-refractivity contribution in [3.05, 3.63) is 74.8 Å². The van der Waals surface area contributed by atoms with Crippen LogP contribution in [0.2, 0.25) is 0 Å². The minimum Gasteiger partial charge on any atom is -0.434 e. The van der Waals surface area contributed by atoms with Crippen molar-refractivity contribution in [2.24, 2.45) is 0 Å². The van der Waals surface area contributed by atoms with Crippen molar-refractivity contribution in [1.29, 1.82) is 0 Å². The third kappa shape index (κ3) is 3.94. The molecule has 0 aliphatic carbocycles. The molecule has 0 aliphatic rings. The Morgan fingerprint density at radius 1 is 1.19 bits per heavy atom. The van der Waals surface area contributed by atoms with Crippen LogP contribution in [-0.2, 0) is 0 Å². The van der Waals surface area contributed by atoms with Gasteiger partial charge in [0, 0.05) is 4.47 Å². The predicted octanol–water partition coefficient (Wildman–Crippen LogP) is 5.13. The fourth-order valence-electron chi connectivity index (χ4n) is 2.13. The smallest absolute Gasteiger partial charge is 0.373 e. The highest BCUT2D eigenvalue weighted by atomic mass is 79.9. The molecule has 26 heavy (non-hydrogen) atoms. The van der Waals surface area contributed by atoms with Crippen molar-refractivity contribution >= 4 is 33.1 Å². The van der Waals surface area contributed by atoms with Gasteiger partial charge in [0.25, 0.3) is 0 Å². The number of nitrogens with zero attached hydrogens (tertiary/aromatic N) is 3. The molecule has 0 amide bonds. The van der Waals surface area contributed by atoms with Crippen molar-refractivity contribution in [2.75, 3.05) is 5.32 Å². The summed E-state index contributed by atoms with van der Waals surface area (Å²) in [5.74, 6) is -0.617. The van der Waals surface area contributed by atoms with Crippen molar-refractivity contribution in [1.82, 2.24) is 9.97 Å². The summed E-state index contributed by atoms with van der Waals surface area (Å²) in [6.07, 6.45) is 1.11. The molecule has 0 saturated heterocycles. The Balaban J connectivity index is 1.98. The molecule has 0 fully saturated rings. The monoisotopic (exact) mass is 418 g/mol. The third-order valence-electron chi connectivity index (χ3n) is 3.39. The van der Waals surface area contributed by atoms with E-state index in [2.05, 4.69) is 31.2 Å². The average Bonchev–Trinajstić information content (AvgIpc) is 2.59. The SMILES string of the molecule is Cc1ccc(Oc2ncnc(Nc3ccc(Br)cc3F)c2[N+](=O)[O-])cc1. The Morgan fingerprint density at radius 2 is 1.92 bits per heavy atom. The van der Waals surface area contributed by atoms with E-state index in [0.29, 0.717) is 10.2 Å². The molecule has 2 aromatic carbocycles. The van der Waals surface area contributed by atoms with E-state index in [-0.39, 0.29) is 17.4 Å². The number of benzene rings is 2. The molecule has 1 heterocycles. The van der Waals surface area contributed by atoms with Gasteiger partial charge < -0.3 is 10.1 Å². The van der Waals surface area contributed by atoms with Crippen LogP contribution in [0.3, 0.4) is 0 Å². The maximum Gasteiger partial charge on any atom is 0.373 e. The van der Waals surface area contributed by atoms with Gasteiger partial charge in [-0.3, -0.25) is 10.1 Å². The van der Waals surface area contributed by atoms with Crippen molar-refractivity contribution in [3.63, 3.8) is 0 Å². The number of anilines is 2. The summed E-state index contributed by atoms with van der Waals surface area (Å²) in [7, 11) is 0. The summed E-state index contributed by atoms with van der Waals surface area (Å²) in [6, 6.07) is 11.2. The van der Waals surface area contributed by atoms with Gasteiger partial charge in [0.1, 0.15) is 17.9 Å². The van der Waals surface area contributed by atoms with E-state index in [1.165, 1.54) is 12.1 Å². The van der Waals surface area contributed by atoms with Gasteiger partial charge in [-0.25, -0.2) is 9.37 Å². The number of nitro groups is 1. The zero-order valence-electron chi connectivity index (χ0n) is 13.4. The first-order valence-electron chi connectivity index (χ1n) is 7.40. The summed E-state index contributed by atoms with van der Waals surface area (Å²) in [4.78, 5) is 18.5. The number of hydrogen-bond acceptors (Lipinski definition) is 6. The first kappa shape index (κ1) is 17.7. The highest BCUT2D eigenvalue weighted by Gasteiger charge is 2.25. The standard InChI is InChI=1S/C17H12BrFN4O3/c1-10-2-5-12(6-3-10)26-17-15(23(24)25)16(20-9-21-17)22-14-7-4-11(18)8-13(14)19/h2-9H,1H3,(H,20,21,22). The molecule has 7 nitrogen and oxygen atoms in total. The molecule has 1 aromatic heterocycles. The fraction of sp³-hybridized carbons (Fsp3) is 0.0588. The van der Waals surface area contributed by atoms with Gasteiger partial charge in [-0.15, -0.1) is 0 Å². The molecule has 0 spiro atoms. The van der Waals surface area contributed by atoms with Crippen LogP contribution in [-0.4, -0.2) is 14.9 Å². The zero-order valence-corrected chi connectivity index (χ0v) is 15.0. The van der Waals surface area contributed by atoms with Crippen LogP contribution in [0.15, 0.2) is 53.3 Å². The highest BCUT2D eigenvalue weighted by molar-refractivity contribution is 9.10. The lowest BCUT2D eigenvalue weighted by molar-refractivity contribution is -0.385.